The number of amides is 1. The van der Waals surface area contributed by atoms with Crippen molar-refractivity contribution in [1.82, 2.24) is 9.97 Å². The number of aliphatic hydroxyl groups is 1. The molecule has 2 rings (SSSR count). The van der Waals surface area contributed by atoms with Gasteiger partial charge in [0.25, 0.3) is 0 Å². The number of nitrogens with zero attached hydrogens (tertiary/aromatic N) is 2. The van der Waals surface area contributed by atoms with Crippen molar-refractivity contribution >= 4 is 28.7 Å². The van der Waals surface area contributed by atoms with Crippen LogP contribution in [-0.4, -0.2) is 34.7 Å². The average molecular weight is 381 g/mol. The van der Waals surface area contributed by atoms with Gasteiger partial charge in [0.1, 0.15) is 5.82 Å². The summed E-state index contributed by atoms with van der Waals surface area (Å²) < 4.78 is 5.52. The SMILES string of the molecule is C=C(/C=C(C)\C(=C/C)c1cc2cnc(NC=O)cc2nc1OC)C(O)CCC. The maximum absolute atomic E-state index is 10.6. The van der Waals surface area contributed by atoms with Crippen LogP contribution >= 0.6 is 0 Å². The van der Waals surface area contributed by atoms with Crippen molar-refractivity contribution in [2.24, 2.45) is 0 Å². The monoisotopic (exact) mass is 381 g/mol. The van der Waals surface area contributed by atoms with Gasteiger partial charge in [-0.2, -0.15) is 0 Å². The number of ether oxygens (including phenoxy) is 1. The Bertz CT molecular complexity index is 932. The quantitative estimate of drug-likeness (QED) is 0.500. The number of carbonyl (C=O) groups is 1. The first-order chi connectivity index (χ1) is 13.4. The molecule has 0 radical (unpaired) electrons. The summed E-state index contributed by atoms with van der Waals surface area (Å²) in [4.78, 5) is 19.4. The Kier molecular flexibility index (Phi) is 7.46. The summed E-state index contributed by atoms with van der Waals surface area (Å²) in [5.74, 6) is 0.893. The molecule has 0 saturated heterocycles. The first-order valence-corrected chi connectivity index (χ1v) is 9.22. The van der Waals surface area contributed by atoms with Crippen molar-refractivity contribution in [3.05, 3.63) is 53.8 Å². The molecule has 148 valence electrons. The van der Waals surface area contributed by atoms with Gasteiger partial charge in [-0.1, -0.05) is 32.1 Å². The predicted octanol–water partition coefficient (Wildman–Crippen LogP) is 4.27. The van der Waals surface area contributed by atoms with E-state index in [2.05, 4.69) is 21.9 Å². The summed E-state index contributed by atoms with van der Waals surface area (Å²) in [5.41, 5.74) is 4.06. The van der Waals surface area contributed by atoms with Gasteiger partial charge in [-0.3, -0.25) is 4.79 Å². The topological polar surface area (TPSA) is 84.3 Å². The summed E-state index contributed by atoms with van der Waals surface area (Å²) in [7, 11) is 1.57. The fraction of sp³-hybridized carbons (Fsp3) is 0.318. The number of fused-ring (bicyclic) bond motifs is 1. The molecule has 28 heavy (non-hydrogen) atoms. The standard InChI is InChI=1S/C22H27N3O3/c1-6-8-20(27)15(4)9-14(3)17(7-2)18-10-16-12-23-21(24-13-26)11-19(16)25-22(18)28-5/h7,9-13,20,27H,4,6,8H2,1-3,5H3,(H,23,24,26)/b14-9-,17-7+. The highest BCUT2D eigenvalue weighted by Crippen LogP contribution is 2.33. The molecular formula is C22H27N3O3. The maximum Gasteiger partial charge on any atom is 0.221 e. The number of allylic oxidation sites excluding steroid dienone is 3. The number of hydrogen-bond donors (Lipinski definition) is 2. The maximum atomic E-state index is 10.6. The Balaban J connectivity index is 2.49. The number of pyridine rings is 2. The van der Waals surface area contributed by atoms with Crippen molar-refractivity contribution in [2.45, 2.75) is 39.7 Å². The molecule has 2 aromatic heterocycles. The molecule has 0 spiro atoms. The molecular weight excluding hydrogens is 354 g/mol. The summed E-state index contributed by atoms with van der Waals surface area (Å²) in [6.07, 6.45) is 7.12. The van der Waals surface area contributed by atoms with Crippen LogP contribution in [0.5, 0.6) is 5.88 Å². The number of hydrogen-bond acceptors (Lipinski definition) is 5. The molecule has 1 atom stereocenters. The normalized spacial score (nSPS) is 13.3. The van der Waals surface area contributed by atoms with E-state index < -0.39 is 6.10 Å². The van der Waals surface area contributed by atoms with Gasteiger partial charge < -0.3 is 15.2 Å². The van der Waals surface area contributed by atoms with Crippen LogP contribution in [0.15, 0.2) is 48.2 Å². The van der Waals surface area contributed by atoms with Gasteiger partial charge in [0.2, 0.25) is 12.3 Å². The van der Waals surface area contributed by atoms with Crippen LogP contribution in [0, 0.1) is 0 Å². The molecule has 6 nitrogen and oxygen atoms in total. The van der Waals surface area contributed by atoms with E-state index in [1.165, 1.54) is 0 Å². The molecule has 0 aromatic carbocycles. The number of nitrogens with one attached hydrogen (secondary N) is 1. The second-order valence-electron chi connectivity index (χ2n) is 6.48. The van der Waals surface area contributed by atoms with Gasteiger partial charge in [0.15, 0.2) is 0 Å². The molecule has 0 aliphatic carbocycles. The molecule has 2 N–H and O–H groups in total. The van der Waals surface area contributed by atoms with Crippen molar-refractivity contribution in [3.63, 3.8) is 0 Å². The number of anilines is 1. The zero-order valence-corrected chi connectivity index (χ0v) is 16.8. The Morgan fingerprint density at radius 2 is 2.18 bits per heavy atom. The molecule has 1 amide bonds. The molecule has 0 aliphatic heterocycles. The highest BCUT2D eigenvalue weighted by Gasteiger charge is 2.15. The van der Waals surface area contributed by atoms with Crippen LogP contribution in [0.4, 0.5) is 5.82 Å². The number of aromatic nitrogens is 2. The van der Waals surface area contributed by atoms with Crippen molar-refractivity contribution < 1.29 is 14.6 Å². The van der Waals surface area contributed by atoms with Gasteiger partial charge in [-0.15, -0.1) is 0 Å². The smallest absolute Gasteiger partial charge is 0.221 e. The van der Waals surface area contributed by atoms with E-state index >= 15 is 0 Å². The van der Waals surface area contributed by atoms with Crippen LogP contribution in [0.3, 0.4) is 0 Å². The van der Waals surface area contributed by atoms with Crippen LogP contribution < -0.4 is 10.1 Å². The van der Waals surface area contributed by atoms with Crippen LogP contribution in [0.25, 0.3) is 16.5 Å². The average Bonchev–Trinajstić information content (AvgIpc) is 2.68. The Hall–Kier alpha value is -2.99. The molecule has 0 bridgehead atoms. The third-order valence-electron chi connectivity index (χ3n) is 4.46. The first kappa shape index (κ1) is 21.3. The van der Waals surface area contributed by atoms with Gasteiger partial charge in [-0.25, -0.2) is 9.97 Å². The lowest BCUT2D eigenvalue weighted by Crippen LogP contribution is -2.07. The molecule has 0 aliphatic rings. The lowest BCUT2D eigenvalue weighted by atomic mass is 9.95. The third-order valence-corrected chi connectivity index (χ3v) is 4.46. The van der Waals surface area contributed by atoms with E-state index in [1.807, 2.05) is 39.0 Å². The lowest BCUT2D eigenvalue weighted by Gasteiger charge is -2.15. The van der Waals surface area contributed by atoms with E-state index in [9.17, 15) is 9.90 Å². The van der Waals surface area contributed by atoms with Gasteiger partial charge >= 0.3 is 0 Å². The molecule has 2 aromatic rings. The van der Waals surface area contributed by atoms with E-state index in [4.69, 9.17) is 4.74 Å². The van der Waals surface area contributed by atoms with Crippen molar-refractivity contribution in [3.8, 4) is 5.88 Å². The minimum absolute atomic E-state index is 0.424. The van der Waals surface area contributed by atoms with Crippen LogP contribution in [-0.2, 0) is 4.79 Å². The number of methoxy groups -OCH3 is 1. The van der Waals surface area contributed by atoms with Crippen LogP contribution in [0.2, 0.25) is 0 Å². The summed E-state index contributed by atoms with van der Waals surface area (Å²) in [6, 6.07) is 3.65. The number of carbonyl (C=O) groups excluding carboxylic acids is 1. The predicted molar refractivity (Wildman–Crippen MR) is 113 cm³/mol. The Morgan fingerprint density at radius 1 is 1.43 bits per heavy atom. The van der Waals surface area contributed by atoms with Gasteiger partial charge in [0, 0.05) is 23.2 Å². The molecule has 2 heterocycles. The molecule has 1 unspecified atom stereocenters. The minimum atomic E-state index is -0.553. The minimum Gasteiger partial charge on any atom is -0.481 e. The van der Waals surface area contributed by atoms with E-state index in [-0.39, 0.29) is 0 Å². The zero-order chi connectivity index (χ0) is 20.7. The molecule has 0 saturated carbocycles. The zero-order valence-electron chi connectivity index (χ0n) is 16.8. The highest BCUT2D eigenvalue weighted by molar-refractivity contribution is 5.90. The van der Waals surface area contributed by atoms with E-state index in [0.29, 0.717) is 35.6 Å². The summed E-state index contributed by atoms with van der Waals surface area (Å²) >= 11 is 0. The summed E-state index contributed by atoms with van der Waals surface area (Å²) in [5, 5.41) is 13.5. The van der Waals surface area contributed by atoms with Crippen molar-refractivity contribution in [2.75, 3.05) is 12.4 Å². The van der Waals surface area contributed by atoms with Crippen LogP contribution in [0.1, 0.15) is 39.2 Å². The van der Waals surface area contributed by atoms with Crippen molar-refractivity contribution in [1.29, 1.82) is 0 Å². The Labute approximate surface area is 165 Å². The number of rotatable bonds is 9. The van der Waals surface area contributed by atoms with Gasteiger partial charge in [0.05, 0.1) is 18.7 Å². The van der Waals surface area contributed by atoms with E-state index in [0.717, 1.165) is 28.5 Å². The highest BCUT2D eigenvalue weighted by atomic mass is 16.5. The Morgan fingerprint density at radius 3 is 2.79 bits per heavy atom. The third kappa shape index (κ3) is 4.84. The first-order valence-electron chi connectivity index (χ1n) is 9.22. The fourth-order valence-corrected chi connectivity index (χ4v) is 3.04. The summed E-state index contributed by atoms with van der Waals surface area (Å²) in [6.45, 7) is 9.94. The molecule has 6 heteroatoms. The number of aliphatic hydroxyl groups excluding tert-OH is 1. The van der Waals surface area contributed by atoms with E-state index in [1.54, 1.807) is 19.4 Å². The second-order valence-corrected chi connectivity index (χ2v) is 6.48. The van der Waals surface area contributed by atoms with Gasteiger partial charge in [-0.05, 0) is 43.1 Å². The second kappa shape index (κ2) is 9.80. The largest absolute Gasteiger partial charge is 0.481 e. The fourth-order valence-electron chi connectivity index (χ4n) is 3.04. The molecule has 0 fully saturated rings. The lowest BCUT2D eigenvalue weighted by molar-refractivity contribution is -0.105.